The minimum Gasteiger partial charge on any atom is -0.505 e. The minimum absolute atomic E-state index is 0.0246. The van der Waals surface area contributed by atoms with Crippen LogP contribution in [0, 0.1) is 5.41 Å². The summed E-state index contributed by atoms with van der Waals surface area (Å²) in [6.45, 7) is -0.231. The fourth-order valence-corrected chi connectivity index (χ4v) is 3.90. The smallest absolute Gasteiger partial charge is 0.330 e. The number of aromatic nitrogens is 1. The molecule has 3 aromatic rings. The van der Waals surface area contributed by atoms with Crippen molar-refractivity contribution in [3.05, 3.63) is 65.4 Å². The van der Waals surface area contributed by atoms with Gasteiger partial charge in [0.05, 0.1) is 19.2 Å². The molecule has 2 atom stereocenters. The monoisotopic (exact) mass is 506 g/mol. The first kappa shape index (κ1) is 25.2. The Labute approximate surface area is 211 Å². The molecule has 12 heteroatoms. The van der Waals surface area contributed by atoms with E-state index in [0.29, 0.717) is 28.6 Å². The number of amidine groups is 1. The molecule has 0 bridgehead atoms. The maximum absolute atomic E-state index is 12.7. The van der Waals surface area contributed by atoms with Gasteiger partial charge in [-0.3, -0.25) is 15.0 Å². The van der Waals surface area contributed by atoms with E-state index in [1.165, 1.54) is 0 Å². The van der Waals surface area contributed by atoms with Crippen molar-refractivity contribution in [3.63, 3.8) is 0 Å². The van der Waals surface area contributed by atoms with Gasteiger partial charge in [-0.25, -0.2) is 4.79 Å². The van der Waals surface area contributed by atoms with Gasteiger partial charge in [-0.15, -0.1) is 0 Å². The van der Waals surface area contributed by atoms with Crippen LogP contribution in [0.1, 0.15) is 34.5 Å². The number of amides is 2. The number of nitrogens with two attached hydrogens (primary N) is 1. The summed E-state index contributed by atoms with van der Waals surface area (Å²) in [5.74, 6) is -2.19. The average molecular weight is 507 g/mol. The molecule has 1 aromatic heterocycles. The largest absolute Gasteiger partial charge is 0.505 e. The van der Waals surface area contributed by atoms with Crippen LogP contribution in [0.25, 0.3) is 10.9 Å². The molecule has 4 rings (SSSR count). The Hall–Kier alpha value is -4.87. The van der Waals surface area contributed by atoms with Gasteiger partial charge >= 0.3 is 5.97 Å². The highest BCUT2D eigenvalue weighted by atomic mass is 16.6. The molecule has 0 saturated carbocycles. The highest BCUT2D eigenvalue weighted by molar-refractivity contribution is 6.04. The molecule has 2 aromatic carbocycles. The molecular formula is C25H26N6O6. The molecule has 2 amide bonds. The molecule has 0 fully saturated rings. The molecule has 0 spiro atoms. The van der Waals surface area contributed by atoms with Gasteiger partial charge in [0.2, 0.25) is 5.91 Å². The number of benzene rings is 2. The van der Waals surface area contributed by atoms with E-state index < -0.39 is 29.9 Å². The lowest BCUT2D eigenvalue weighted by Gasteiger charge is -2.17. The number of hydrogen-bond acceptors (Lipinski definition) is 8. The van der Waals surface area contributed by atoms with Crippen molar-refractivity contribution in [2.75, 3.05) is 13.7 Å². The van der Waals surface area contributed by atoms with Gasteiger partial charge in [-0.05, 0) is 17.7 Å². The number of nitrogen functional groups attached to an aromatic ring is 1. The molecular weight excluding hydrogens is 480 g/mol. The second-order valence-electron chi connectivity index (χ2n) is 8.41. The number of carbonyl (C=O) groups excluding carboxylic acids is 3. The highest BCUT2D eigenvalue weighted by Crippen LogP contribution is 2.28. The van der Waals surface area contributed by atoms with Crippen LogP contribution in [0.5, 0.6) is 5.75 Å². The summed E-state index contributed by atoms with van der Waals surface area (Å²) in [5, 5.41) is 27.4. The average Bonchev–Trinajstić information content (AvgIpc) is 3.50. The minimum atomic E-state index is -1.19. The van der Waals surface area contributed by atoms with E-state index in [1.807, 2.05) is 0 Å². The van der Waals surface area contributed by atoms with Crippen LogP contribution in [0.4, 0.5) is 0 Å². The maximum atomic E-state index is 12.7. The maximum Gasteiger partial charge on any atom is 0.330 e. The van der Waals surface area contributed by atoms with Crippen LogP contribution in [0.15, 0.2) is 53.7 Å². The van der Waals surface area contributed by atoms with E-state index in [1.54, 1.807) is 48.5 Å². The van der Waals surface area contributed by atoms with Gasteiger partial charge < -0.3 is 36.0 Å². The molecule has 12 nitrogen and oxygen atoms in total. The third-order valence-electron chi connectivity index (χ3n) is 5.88. The number of methoxy groups -OCH3 is 1. The van der Waals surface area contributed by atoms with Crippen molar-refractivity contribution in [2.45, 2.75) is 25.0 Å². The number of hydrogen-bond donors (Lipinski definition) is 6. The summed E-state index contributed by atoms with van der Waals surface area (Å²) in [4.78, 5) is 45.7. The van der Waals surface area contributed by atoms with Gasteiger partial charge in [0, 0.05) is 29.4 Å². The van der Waals surface area contributed by atoms with Crippen molar-refractivity contribution in [3.8, 4) is 5.75 Å². The molecule has 0 saturated heterocycles. The molecule has 37 heavy (non-hydrogen) atoms. The number of oxime groups is 1. The quantitative estimate of drug-likeness (QED) is 0.142. The fourth-order valence-electron chi connectivity index (χ4n) is 3.90. The van der Waals surface area contributed by atoms with Crippen LogP contribution < -0.4 is 16.4 Å². The van der Waals surface area contributed by atoms with Gasteiger partial charge in [-0.2, -0.15) is 0 Å². The summed E-state index contributed by atoms with van der Waals surface area (Å²) >= 11 is 0. The molecule has 2 unspecified atom stereocenters. The molecule has 192 valence electrons. The fraction of sp³-hybridized carbons (Fsp3) is 0.240. The number of nitrogens with one attached hydrogen (secondary N) is 4. The van der Waals surface area contributed by atoms with Crippen molar-refractivity contribution >= 4 is 40.2 Å². The predicted octanol–water partition coefficient (Wildman–Crippen LogP) is 1.13. The zero-order valence-corrected chi connectivity index (χ0v) is 19.9. The van der Waals surface area contributed by atoms with Crippen LogP contribution >= 0.6 is 0 Å². The first-order valence-electron chi connectivity index (χ1n) is 11.4. The third-order valence-corrected chi connectivity index (χ3v) is 5.88. The number of H-pyrrole nitrogens is 1. The number of carbonyl (C=O) groups is 3. The lowest BCUT2D eigenvalue weighted by Crippen LogP contribution is -2.49. The Morgan fingerprint density at radius 3 is 2.65 bits per heavy atom. The Morgan fingerprint density at radius 1 is 1.24 bits per heavy atom. The Bertz CT molecular complexity index is 1380. The first-order valence-corrected chi connectivity index (χ1v) is 11.4. The van der Waals surface area contributed by atoms with Crippen molar-refractivity contribution in [2.24, 2.45) is 10.9 Å². The van der Waals surface area contributed by atoms with Gasteiger partial charge in [0.15, 0.2) is 5.75 Å². The zero-order valence-electron chi connectivity index (χ0n) is 19.9. The summed E-state index contributed by atoms with van der Waals surface area (Å²) in [6, 6.07) is 12.6. The molecule has 1 aliphatic heterocycles. The van der Waals surface area contributed by atoms with E-state index in [2.05, 4.69) is 20.8 Å². The van der Waals surface area contributed by atoms with E-state index in [-0.39, 0.29) is 30.2 Å². The number of nitrogens with zero attached hydrogens (tertiary/aromatic N) is 1. The van der Waals surface area contributed by atoms with Crippen LogP contribution in [0.3, 0.4) is 0 Å². The molecule has 0 aliphatic carbocycles. The normalized spacial score (nSPS) is 15.4. The summed E-state index contributed by atoms with van der Waals surface area (Å²) in [5.41, 5.74) is 7.96. The standard InChI is InChI=1S/C25H26N6O6/c1-36-25(35)19(30-24(34)21-22(33)16-4-2-3-5-17(16)29-21)12-28-20(32)11-15-10-18(31-37-15)13-6-8-14(9-7-13)23(26)27/h2-9,15,19,29,33H,10-12H2,1H3,(H3,26,27)(H,28,32)(H,30,34). The molecule has 2 heterocycles. The summed E-state index contributed by atoms with van der Waals surface area (Å²) < 4.78 is 4.75. The molecule has 0 radical (unpaired) electrons. The Kier molecular flexibility index (Phi) is 7.37. The Morgan fingerprint density at radius 2 is 1.97 bits per heavy atom. The Balaban J connectivity index is 1.31. The number of rotatable bonds is 9. The van der Waals surface area contributed by atoms with Gasteiger partial charge in [0.1, 0.15) is 23.7 Å². The lowest BCUT2D eigenvalue weighted by molar-refractivity contribution is -0.142. The van der Waals surface area contributed by atoms with Gasteiger partial charge in [-0.1, -0.05) is 41.6 Å². The second-order valence-corrected chi connectivity index (χ2v) is 8.41. The highest BCUT2D eigenvalue weighted by Gasteiger charge is 2.28. The third kappa shape index (κ3) is 5.69. The first-order chi connectivity index (χ1) is 17.8. The number of fused-ring (bicyclic) bond motifs is 1. The predicted molar refractivity (Wildman–Crippen MR) is 134 cm³/mol. The van der Waals surface area contributed by atoms with E-state index in [4.69, 9.17) is 20.7 Å². The van der Waals surface area contributed by atoms with Gasteiger partial charge in [0.25, 0.3) is 5.91 Å². The van der Waals surface area contributed by atoms with Crippen LogP contribution in [-0.2, 0) is 19.2 Å². The van der Waals surface area contributed by atoms with Crippen molar-refractivity contribution in [1.82, 2.24) is 15.6 Å². The zero-order chi connectivity index (χ0) is 26.5. The lowest BCUT2D eigenvalue weighted by atomic mass is 10.0. The summed E-state index contributed by atoms with van der Waals surface area (Å²) in [6.07, 6.45) is -0.135. The SMILES string of the molecule is COC(=O)C(CNC(=O)CC1CC(c2ccc(C(=N)N)cc2)=NO1)NC(=O)c1[nH]c2ccccc2c1O. The number of ether oxygens (including phenoxy) is 1. The number of para-hydroxylation sites is 1. The topological polar surface area (TPSA) is 192 Å². The molecule has 7 N–H and O–H groups in total. The number of aromatic hydroxyl groups is 1. The van der Waals surface area contributed by atoms with E-state index >= 15 is 0 Å². The van der Waals surface area contributed by atoms with E-state index in [9.17, 15) is 19.5 Å². The second kappa shape index (κ2) is 10.8. The van der Waals surface area contributed by atoms with Crippen LogP contribution in [-0.4, -0.2) is 65.2 Å². The van der Waals surface area contributed by atoms with Crippen molar-refractivity contribution < 1.29 is 29.1 Å². The number of aromatic amines is 1. The van der Waals surface area contributed by atoms with Crippen molar-refractivity contribution in [1.29, 1.82) is 5.41 Å². The number of esters is 1. The van der Waals surface area contributed by atoms with Crippen LogP contribution in [0.2, 0.25) is 0 Å². The van der Waals surface area contributed by atoms with E-state index in [0.717, 1.165) is 12.7 Å². The summed E-state index contributed by atoms with van der Waals surface area (Å²) in [7, 11) is 1.16. The molecule has 1 aliphatic rings.